The SMILES string of the molecule is CCCOc1ccc(Br)cc1C=NNC(=O)COc1ccc(C)cc1. The van der Waals surface area contributed by atoms with E-state index in [4.69, 9.17) is 9.47 Å². The van der Waals surface area contributed by atoms with E-state index in [9.17, 15) is 4.79 Å². The van der Waals surface area contributed by atoms with Crippen LogP contribution in [0.4, 0.5) is 0 Å². The Morgan fingerprint density at radius 3 is 2.68 bits per heavy atom. The molecule has 2 rings (SSSR count). The number of aryl methyl sites for hydroxylation is 1. The highest BCUT2D eigenvalue weighted by molar-refractivity contribution is 9.10. The molecular weight excluding hydrogens is 384 g/mol. The molecule has 0 saturated heterocycles. The Morgan fingerprint density at radius 1 is 1.20 bits per heavy atom. The van der Waals surface area contributed by atoms with E-state index in [1.54, 1.807) is 6.21 Å². The van der Waals surface area contributed by atoms with E-state index in [2.05, 4.69) is 26.5 Å². The van der Waals surface area contributed by atoms with Crippen LogP contribution in [0.2, 0.25) is 0 Å². The summed E-state index contributed by atoms with van der Waals surface area (Å²) in [6, 6.07) is 13.1. The van der Waals surface area contributed by atoms with Crippen molar-refractivity contribution in [1.29, 1.82) is 0 Å². The number of hydrogen-bond donors (Lipinski definition) is 1. The molecule has 2 aromatic carbocycles. The Kier molecular flexibility index (Phi) is 7.47. The summed E-state index contributed by atoms with van der Waals surface area (Å²) in [6.07, 6.45) is 2.47. The smallest absolute Gasteiger partial charge is 0.277 e. The molecule has 0 fully saturated rings. The van der Waals surface area contributed by atoms with Gasteiger partial charge in [0.25, 0.3) is 5.91 Å². The van der Waals surface area contributed by atoms with Crippen molar-refractivity contribution in [3.63, 3.8) is 0 Å². The average Bonchev–Trinajstić information content (AvgIpc) is 2.60. The van der Waals surface area contributed by atoms with Gasteiger partial charge in [0.05, 0.1) is 12.8 Å². The van der Waals surface area contributed by atoms with E-state index < -0.39 is 0 Å². The minimum Gasteiger partial charge on any atom is -0.493 e. The summed E-state index contributed by atoms with van der Waals surface area (Å²) in [7, 11) is 0. The van der Waals surface area contributed by atoms with Crippen LogP contribution in [-0.2, 0) is 4.79 Å². The summed E-state index contributed by atoms with van der Waals surface area (Å²) >= 11 is 3.42. The quantitative estimate of drug-likeness (QED) is 0.532. The summed E-state index contributed by atoms with van der Waals surface area (Å²) in [5.74, 6) is 1.04. The Balaban J connectivity index is 1.88. The van der Waals surface area contributed by atoms with Crippen LogP contribution in [0.3, 0.4) is 0 Å². The molecule has 0 aliphatic carbocycles. The van der Waals surface area contributed by atoms with Crippen molar-refractivity contribution in [3.8, 4) is 11.5 Å². The monoisotopic (exact) mass is 404 g/mol. The molecule has 0 atom stereocenters. The van der Waals surface area contributed by atoms with Crippen molar-refractivity contribution in [2.45, 2.75) is 20.3 Å². The molecule has 25 heavy (non-hydrogen) atoms. The average molecular weight is 405 g/mol. The number of hydrogen-bond acceptors (Lipinski definition) is 4. The lowest BCUT2D eigenvalue weighted by Gasteiger charge is -2.08. The zero-order chi connectivity index (χ0) is 18.1. The first-order valence-electron chi connectivity index (χ1n) is 8.02. The van der Waals surface area contributed by atoms with Gasteiger partial charge in [-0.1, -0.05) is 40.5 Å². The molecule has 2 aromatic rings. The van der Waals surface area contributed by atoms with E-state index in [0.29, 0.717) is 12.4 Å². The Bertz CT molecular complexity index is 730. The molecule has 0 aliphatic heterocycles. The van der Waals surface area contributed by atoms with Gasteiger partial charge < -0.3 is 9.47 Å². The lowest BCUT2D eigenvalue weighted by molar-refractivity contribution is -0.123. The number of carbonyl (C=O) groups is 1. The van der Waals surface area contributed by atoms with Crippen molar-refractivity contribution in [2.75, 3.05) is 13.2 Å². The van der Waals surface area contributed by atoms with Crippen molar-refractivity contribution < 1.29 is 14.3 Å². The van der Waals surface area contributed by atoms with Gasteiger partial charge >= 0.3 is 0 Å². The molecule has 132 valence electrons. The summed E-state index contributed by atoms with van der Waals surface area (Å²) in [5, 5.41) is 3.97. The van der Waals surface area contributed by atoms with Crippen molar-refractivity contribution in [2.24, 2.45) is 5.10 Å². The molecule has 0 heterocycles. The van der Waals surface area contributed by atoms with Crippen molar-refractivity contribution in [1.82, 2.24) is 5.43 Å². The van der Waals surface area contributed by atoms with E-state index in [-0.39, 0.29) is 12.5 Å². The van der Waals surface area contributed by atoms with Gasteiger partial charge in [0.2, 0.25) is 0 Å². The second-order valence-corrected chi connectivity index (χ2v) is 6.34. The molecule has 5 nitrogen and oxygen atoms in total. The van der Waals surface area contributed by atoms with Crippen molar-refractivity contribution in [3.05, 3.63) is 58.1 Å². The maximum Gasteiger partial charge on any atom is 0.277 e. The van der Waals surface area contributed by atoms with Gasteiger partial charge in [0.15, 0.2) is 6.61 Å². The van der Waals surface area contributed by atoms with Gasteiger partial charge in [0, 0.05) is 10.0 Å². The van der Waals surface area contributed by atoms with Crippen LogP contribution in [0.25, 0.3) is 0 Å². The van der Waals surface area contributed by atoms with Gasteiger partial charge in [-0.2, -0.15) is 5.10 Å². The normalized spacial score (nSPS) is 10.7. The first-order chi connectivity index (χ1) is 12.1. The topological polar surface area (TPSA) is 59.9 Å². The van der Waals surface area contributed by atoms with E-state index in [0.717, 1.165) is 27.8 Å². The highest BCUT2D eigenvalue weighted by Gasteiger charge is 2.04. The fourth-order valence-corrected chi connectivity index (χ4v) is 2.33. The highest BCUT2D eigenvalue weighted by Crippen LogP contribution is 2.22. The summed E-state index contributed by atoms with van der Waals surface area (Å²) in [6.45, 7) is 4.56. The van der Waals surface area contributed by atoms with Crippen LogP contribution in [0.15, 0.2) is 52.0 Å². The number of nitrogens with zero attached hydrogens (tertiary/aromatic N) is 1. The standard InChI is InChI=1S/C19H21BrN2O3/c1-3-10-24-18-9-6-16(20)11-15(18)12-21-22-19(23)13-25-17-7-4-14(2)5-8-17/h4-9,11-12H,3,10,13H2,1-2H3,(H,22,23). The predicted octanol–water partition coefficient (Wildman–Crippen LogP) is 4.08. The van der Waals surface area contributed by atoms with Crippen LogP contribution in [0.5, 0.6) is 11.5 Å². The number of nitrogens with one attached hydrogen (secondary N) is 1. The van der Waals surface area contributed by atoms with Crippen LogP contribution < -0.4 is 14.9 Å². The largest absolute Gasteiger partial charge is 0.493 e. The molecule has 1 amide bonds. The van der Waals surface area contributed by atoms with E-state index in [1.165, 1.54) is 0 Å². The van der Waals surface area contributed by atoms with E-state index >= 15 is 0 Å². The Labute approximate surface area is 156 Å². The lowest BCUT2D eigenvalue weighted by atomic mass is 10.2. The highest BCUT2D eigenvalue weighted by atomic mass is 79.9. The first kappa shape index (κ1) is 19.0. The number of rotatable bonds is 8. The van der Waals surface area contributed by atoms with Crippen LogP contribution in [0, 0.1) is 6.92 Å². The lowest BCUT2D eigenvalue weighted by Crippen LogP contribution is -2.24. The molecule has 0 saturated carbocycles. The second-order valence-electron chi connectivity index (χ2n) is 5.43. The maximum atomic E-state index is 11.8. The number of benzene rings is 2. The second kappa shape index (κ2) is 9.84. The zero-order valence-electron chi connectivity index (χ0n) is 14.3. The minimum absolute atomic E-state index is 0.0991. The number of hydrazone groups is 1. The van der Waals surface area contributed by atoms with Gasteiger partial charge in [0.1, 0.15) is 11.5 Å². The summed E-state index contributed by atoms with van der Waals surface area (Å²) < 4.78 is 12.0. The molecule has 0 spiro atoms. The summed E-state index contributed by atoms with van der Waals surface area (Å²) in [4.78, 5) is 11.8. The van der Waals surface area contributed by atoms with Gasteiger partial charge in [-0.3, -0.25) is 4.79 Å². The number of halogens is 1. The Hall–Kier alpha value is -2.34. The molecule has 0 unspecified atom stereocenters. The third-order valence-electron chi connectivity index (χ3n) is 3.22. The number of amides is 1. The van der Waals surface area contributed by atoms with Gasteiger partial charge in [-0.25, -0.2) is 5.43 Å². The van der Waals surface area contributed by atoms with Crippen molar-refractivity contribution >= 4 is 28.1 Å². The molecule has 0 aromatic heterocycles. The first-order valence-corrected chi connectivity index (χ1v) is 8.81. The number of ether oxygens (including phenoxy) is 2. The number of carbonyl (C=O) groups excluding carboxylic acids is 1. The molecular formula is C19H21BrN2O3. The predicted molar refractivity (Wildman–Crippen MR) is 102 cm³/mol. The van der Waals surface area contributed by atoms with Gasteiger partial charge in [-0.15, -0.1) is 0 Å². The molecule has 0 bridgehead atoms. The molecule has 1 N–H and O–H groups in total. The molecule has 0 aliphatic rings. The van der Waals surface area contributed by atoms with Crippen LogP contribution in [0.1, 0.15) is 24.5 Å². The van der Waals surface area contributed by atoms with Gasteiger partial charge in [-0.05, 0) is 43.7 Å². The zero-order valence-corrected chi connectivity index (χ0v) is 15.9. The third kappa shape index (κ3) is 6.58. The summed E-state index contributed by atoms with van der Waals surface area (Å²) in [5.41, 5.74) is 4.37. The van der Waals surface area contributed by atoms with Crippen LogP contribution >= 0.6 is 15.9 Å². The third-order valence-corrected chi connectivity index (χ3v) is 3.71. The minimum atomic E-state index is -0.331. The Morgan fingerprint density at radius 2 is 1.96 bits per heavy atom. The molecule has 0 radical (unpaired) electrons. The van der Waals surface area contributed by atoms with E-state index in [1.807, 2.05) is 56.3 Å². The van der Waals surface area contributed by atoms with Crippen LogP contribution in [-0.4, -0.2) is 25.3 Å². The fraction of sp³-hybridized carbons (Fsp3) is 0.263. The fourth-order valence-electron chi connectivity index (χ4n) is 1.95. The maximum absolute atomic E-state index is 11.8. The molecule has 6 heteroatoms.